The highest BCUT2D eigenvalue weighted by Crippen LogP contribution is 2.34. The van der Waals surface area contributed by atoms with Gasteiger partial charge in [-0.15, -0.1) is 0 Å². The summed E-state index contributed by atoms with van der Waals surface area (Å²) in [6.45, 7) is 16.5. The van der Waals surface area contributed by atoms with E-state index in [0.29, 0.717) is 39.5 Å². The zero-order valence-electron chi connectivity index (χ0n) is 23.9. The van der Waals surface area contributed by atoms with Gasteiger partial charge in [-0.3, -0.25) is 4.68 Å². The smallest absolute Gasteiger partial charge is 0.143 e. The van der Waals surface area contributed by atoms with E-state index in [1.165, 1.54) is 5.56 Å². The molecule has 3 N–H and O–H groups in total. The number of nitrogens with one attached hydrogen (secondary N) is 1. The van der Waals surface area contributed by atoms with Gasteiger partial charge in [-0.05, 0) is 5.56 Å². The SMILES string of the molecule is CC.CC.CC.NCC1CN(c2ncnc3[nH]cc(-c4cnn(CCOCc5ccccc5)c4)c23)CCO1. The van der Waals surface area contributed by atoms with Crippen molar-refractivity contribution >= 4 is 16.9 Å². The average Bonchev–Trinajstić information content (AvgIpc) is 3.66. The van der Waals surface area contributed by atoms with Crippen molar-refractivity contribution in [3.05, 3.63) is 60.8 Å². The number of nitrogens with two attached hydrogens (primary N) is 1. The van der Waals surface area contributed by atoms with Crippen LogP contribution in [0, 0.1) is 0 Å². The zero-order valence-corrected chi connectivity index (χ0v) is 23.9. The average molecular weight is 524 g/mol. The summed E-state index contributed by atoms with van der Waals surface area (Å²) in [5, 5.41) is 5.51. The predicted octanol–water partition coefficient (Wildman–Crippen LogP) is 5.28. The zero-order chi connectivity index (χ0) is 27.8. The lowest BCUT2D eigenvalue weighted by Gasteiger charge is -2.33. The number of morpholine rings is 1. The lowest BCUT2D eigenvalue weighted by atomic mass is 10.1. The number of fused-ring (bicyclic) bond motifs is 1. The molecular formula is C29H45N7O2. The number of benzene rings is 1. The quantitative estimate of drug-likeness (QED) is 0.303. The molecular weight excluding hydrogens is 478 g/mol. The minimum Gasteiger partial charge on any atom is -0.375 e. The van der Waals surface area contributed by atoms with Gasteiger partial charge in [-0.2, -0.15) is 5.10 Å². The van der Waals surface area contributed by atoms with Crippen molar-refractivity contribution in [1.82, 2.24) is 24.7 Å². The number of hydrogen-bond acceptors (Lipinski definition) is 7. The molecule has 1 aliphatic rings. The summed E-state index contributed by atoms with van der Waals surface area (Å²) in [6, 6.07) is 10.2. The summed E-state index contributed by atoms with van der Waals surface area (Å²) in [6.07, 6.45) is 7.48. The Morgan fingerprint density at radius 3 is 2.58 bits per heavy atom. The molecule has 0 radical (unpaired) electrons. The summed E-state index contributed by atoms with van der Waals surface area (Å²) in [5.41, 5.74) is 9.85. The Morgan fingerprint density at radius 2 is 1.84 bits per heavy atom. The van der Waals surface area contributed by atoms with E-state index >= 15 is 0 Å². The van der Waals surface area contributed by atoms with Crippen molar-refractivity contribution in [2.45, 2.75) is 60.8 Å². The van der Waals surface area contributed by atoms with Crippen LogP contribution in [0.1, 0.15) is 47.1 Å². The first-order valence-electron chi connectivity index (χ1n) is 13.8. The Hall–Kier alpha value is -3.27. The molecule has 4 heterocycles. The van der Waals surface area contributed by atoms with Gasteiger partial charge in [-0.25, -0.2) is 9.97 Å². The van der Waals surface area contributed by atoms with Crippen molar-refractivity contribution < 1.29 is 9.47 Å². The predicted molar refractivity (Wildman–Crippen MR) is 156 cm³/mol. The minimum atomic E-state index is 0.00907. The van der Waals surface area contributed by atoms with E-state index in [-0.39, 0.29) is 6.10 Å². The molecule has 0 aliphatic carbocycles. The maximum atomic E-state index is 5.83. The third-order valence-corrected chi connectivity index (χ3v) is 5.67. The Labute approximate surface area is 227 Å². The monoisotopic (exact) mass is 523 g/mol. The molecule has 0 bridgehead atoms. The molecule has 1 unspecified atom stereocenters. The van der Waals surface area contributed by atoms with Crippen LogP contribution in [0.15, 0.2) is 55.2 Å². The third-order valence-electron chi connectivity index (χ3n) is 5.67. The van der Waals surface area contributed by atoms with Gasteiger partial charge in [0.15, 0.2) is 0 Å². The summed E-state index contributed by atoms with van der Waals surface area (Å²) < 4.78 is 13.4. The second-order valence-corrected chi connectivity index (χ2v) is 7.83. The Morgan fingerprint density at radius 1 is 1.08 bits per heavy atom. The van der Waals surface area contributed by atoms with E-state index in [1.807, 2.05) is 83.0 Å². The van der Waals surface area contributed by atoms with Crippen LogP contribution in [0.5, 0.6) is 0 Å². The lowest BCUT2D eigenvalue weighted by molar-refractivity contribution is 0.0464. The first-order chi connectivity index (χ1) is 18.8. The third kappa shape index (κ3) is 8.11. The van der Waals surface area contributed by atoms with Gasteiger partial charge in [-0.1, -0.05) is 71.9 Å². The number of H-pyrrole nitrogens is 1. The van der Waals surface area contributed by atoms with Crippen LogP contribution in [-0.2, 0) is 22.6 Å². The standard InChI is InChI=1S/C23H27N7O2.3C2H6/c24-10-19-14-29(6-9-32-19)23-21-20(12-25-22(21)26-16-27-23)18-11-28-30(13-18)7-8-31-15-17-4-2-1-3-5-17;3*1-2/h1-5,11-13,16,19H,6-10,14-15,24H2,(H,25,26,27);3*1-2H3. The molecule has 208 valence electrons. The number of rotatable bonds is 8. The van der Waals surface area contributed by atoms with E-state index < -0.39 is 0 Å². The first-order valence-corrected chi connectivity index (χ1v) is 13.8. The van der Waals surface area contributed by atoms with Gasteiger partial charge in [0.1, 0.15) is 17.8 Å². The van der Waals surface area contributed by atoms with Gasteiger partial charge >= 0.3 is 0 Å². The van der Waals surface area contributed by atoms with Crippen molar-refractivity contribution in [1.29, 1.82) is 0 Å². The fourth-order valence-corrected chi connectivity index (χ4v) is 4.02. The summed E-state index contributed by atoms with van der Waals surface area (Å²) in [4.78, 5) is 14.5. The molecule has 1 aromatic carbocycles. The summed E-state index contributed by atoms with van der Waals surface area (Å²) in [7, 11) is 0. The molecule has 1 aliphatic heterocycles. The second kappa shape index (κ2) is 17.3. The fourth-order valence-electron chi connectivity index (χ4n) is 4.02. The van der Waals surface area contributed by atoms with Gasteiger partial charge in [0.05, 0.1) is 44.1 Å². The van der Waals surface area contributed by atoms with Crippen molar-refractivity contribution in [2.24, 2.45) is 5.73 Å². The molecule has 4 aromatic rings. The molecule has 0 saturated carbocycles. The largest absolute Gasteiger partial charge is 0.375 e. The Kier molecular flexibility index (Phi) is 14.1. The highest BCUT2D eigenvalue weighted by Gasteiger charge is 2.24. The van der Waals surface area contributed by atoms with Crippen molar-refractivity contribution in [2.75, 3.05) is 37.7 Å². The van der Waals surface area contributed by atoms with Crippen LogP contribution in [-0.4, -0.2) is 63.7 Å². The number of aromatic amines is 1. The van der Waals surface area contributed by atoms with E-state index in [0.717, 1.165) is 34.5 Å². The number of ether oxygens (including phenoxy) is 2. The normalized spacial score (nSPS) is 14.5. The topological polar surface area (TPSA) is 107 Å². The van der Waals surface area contributed by atoms with E-state index in [9.17, 15) is 0 Å². The molecule has 9 heteroatoms. The Bertz CT molecular complexity index is 1160. The maximum Gasteiger partial charge on any atom is 0.143 e. The van der Waals surface area contributed by atoms with Gasteiger partial charge < -0.3 is 25.1 Å². The van der Waals surface area contributed by atoms with Crippen LogP contribution in [0.3, 0.4) is 0 Å². The van der Waals surface area contributed by atoms with Crippen LogP contribution < -0.4 is 10.6 Å². The number of hydrogen-bond donors (Lipinski definition) is 2. The summed E-state index contributed by atoms with van der Waals surface area (Å²) in [5.74, 6) is 0.895. The highest BCUT2D eigenvalue weighted by molar-refractivity contribution is 6.01. The van der Waals surface area contributed by atoms with Crippen molar-refractivity contribution in [3.63, 3.8) is 0 Å². The molecule has 0 amide bonds. The van der Waals surface area contributed by atoms with Crippen LogP contribution in [0.25, 0.3) is 22.2 Å². The molecule has 5 rings (SSSR count). The Balaban J connectivity index is 0.000000791. The number of anilines is 1. The molecule has 9 nitrogen and oxygen atoms in total. The molecule has 1 saturated heterocycles. The van der Waals surface area contributed by atoms with Crippen LogP contribution in [0.2, 0.25) is 0 Å². The highest BCUT2D eigenvalue weighted by atomic mass is 16.5. The van der Waals surface area contributed by atoms with Crippen molar-refractivity contribution in [3.8, 4) is 11.1 Å². The molecule has 3 aromatic heterocycles. The molecule has 0 spiro atoms. The van der Waals surface area contributed by atoms with Gasteiger partial charge in [0, 0.05) is 43.2 Å². The number of aromatic nitrogens is 5. The minimum absolute atomic E-state index is 0.00907. The molecule has 1 fully saturated rings. The van der Waals surface area contributed by atoms with Gasteiger partial charge in [0.25, 0.3) is 0 Å². The van der Waals surface area contributed by atoms with E-state index in [1.54, 1.807) is 6.33 Å². The molecule has 1 atom stereocenters. The fraction of sp³-hybridized carbons (Fsp3) is 0.483. The van der Waals surface area contributed by atoms with Crippen LogP contribution in [0.4, 0.5) is 5.82 Å². The first kappa shape index (κ1) is 31.0. The molecule has 38 heavy (non-hydrogen) atoms. The van der Waals surface area contributed by atoms with E-state index in [4.69, 9.17) is 15.2 Å². The van der Waals surface area contributed by atoms with Crippen LogP contribution >= 0.6 is 0 Å². The lowest BCUT2D eigenvalue weighted by Crippen LogP contribution is -2.46. The number of nitrogens with zero attached hydrogens (tertiary/aromatic N) is 5. The maximum absolute atomic E-state index is 5.83. The van der Waals surface area contributed by atoms with E-state index in [2.05, 4.69) is 37.1 Å². The second-order valence-electron chi connectivity index (χ2n) is 7.83. The van der Waals surface area contributed by atoms with Gasteiger partial charge in [0.2, 0.25) is 0 Å². The summed E-state index contributed by atoms with van der Waals surface area (Å²) >= 11 is 0.